The van der Waals surface area contributed by atoms with Crippen LogP contribution in [-0.2, 0) is 5.41 Å². The van der Waals surface area contributed by atoms with Gasteiger partial charge >= 0.3 is 0 Å². The van der Waals surface area contributed by atoms with Crippen LogP contribution in [0.4, 0.5) is 4.39 Å². The maximum Gasteiger partial charge on any atom is 0.166 e. The molecule has 0 aliphatic carbocycles. The first-order chi connectivity index (χ1) is 13.3. The molecule has 1 aliphatic heterocycles. The minimum absolute atomic E-state index is 0.0138. The summed E-state index contributed by atoms with van der Waals surface area (Å²) in [4.78, 5) is 4.42. The zero-order valence-corrected chi connectivity index (χ0v) is 17.3. The number of aromatic nitrogens is 1. The van der Waals surface area contributed by atoms with Crippen LogP contribution in [0.25, 0.3) is 0 Å². The Balaban J connectivity index is 1.65. The molecule has 4 nitrogen and oxygen atoms in total. The predicted octanol–water partition coefficient (Wildman–Crippen LogP) is 5.57. The van der Waals surface area contributed by atoms with Crippen LogP contribution in [0.2, 0.25) is 0 Å². The average Bonchev–Trinajstić information content (AvgIpc) is 3.10. The Hall–Kier alpha value is -2.56. The second-order valence-electron chi connectivity index (χ2n) is 8.43. The topological polar surface area (TPSA) is 46.2 Å². The summed E-state index contributed by atoms with van der Waals surface area (Å²) in [6, 6.07) is 9.35. The Morgan fingerprint density at radius 3 is 2.64 bits per heavy atom. The Labute approximate surface area is 167 Å². The third kappa shape index (κ3) is 4.83. The fraction of sp³-hybridized carbons (Fsp3) is 0.435. The van der Waals surface area contributed by atoms with E-state index in [1.165, 1.54) is 6.07 Å². The zero-order chi connectivity index (χ0) is 20.3. The molecule has 0 saturated carbocycles. The predicted molar refractivity (Wildman–Crippen MR) is 111 cm³/mol. The fourth-order valence-corrected chi connectivity index (χ4v) is 3.21. The molecule has 0 radical (unpaired) electrons. The van der Waals surface area contributed by atoms with Gasteiger partial charge in [-0.3, -0.25) is 4.98 Å². The van der Waals surface area contributed by atoms with Gasteiger partial charge < -0.3 is 15.4 Å². The molecule has 0 fully saturated rings. The first-order valence-electron chi connectivity index (χ1n) is 9.91. The molecule has 1 aliphatic rings. The monoisotopic (exact) mass is 383 g/mol. The van der Waals surface area contributed by atoms with Gasteiger partial charge in [0.15, 0.2) is 11.6 Å². The number of nitrogens with zero attached hydrogens (tertiary/aromatic N) is 1. The Morgan fingerprint density at radius 1 is 1.29 bits per heavy atom. The first-order valence-corrected chi connectivity index (χ1v) is 9.91. The van der Waals surface area contributed by atoms with Gasteiger partial charge in [-0.1, -0.05) is 33.8 Å². The highest BCUT2D eigenvalue weighted by molar-refractivity contribution is 5.35. The number of nitrogens with one attached hydrogen (secondary N) is 2. The molecule has 0 saturated heterocycles. The largest absolute Gasteiger partial charge is 0.453 e. The van der Waals surface area contributed by atoms with Crippen molar-refractivity contribution in [2.75, 3.05) is 0 Å². The highest BCUT2D eigenvalue weighted by atomic mass is 19.1. The molecule has 2 heterocycles. The van der Waals surface area contributed by atoms with E-state index >= 15 is 0 Å². The third-order valence-corrected chi connectivity index (χ3v) is 5.04. The van der Waals surface area contributed by atoms with Crippen LogP contribution in [0.1, 0.15) is 64.8 Å². The van der Waals surface area contributed by atoms with Crippen molar-refractivity contribution in [1.29, 1.82) is 0 Å². The maximum atomic E-state index is 14.6. The second kappa shape index (κ2) is 8.21. The van der Waals surface area contributed by atoms with Crippen LogP contribution in [0, 0.1) is 5.82 Å². The molecule has 28 heavy (non-hydrogen) atoms. The van der Waals surface area contributed by atoms with E-state index in [0.29, 0.717) is 11.8 Å². The number of hydrogen-bond donors (Lipinski definition) is 2. The molecule has 2 aromatic rings. The summed E-state index contributed by atoms with van der Waals surface area (Å²) in [6.07, 6.45) is 5.72. The SMILES string of the molecule is CCC1CC(NC(C)c2ccc(Oc3ccc(C(C)(C)C)nc3)c(F)c2)=CN1. The van der Waals surface area contributed by atoms with Gasteiger partial charge in [0.05, 0.1) is 6.20 Å². The summed E-state index contributed by atoms with van der Waals surface area (Å²) >= 11 is 0. The molecule has 2 atom stereocenters. The van der Waals surface area contributed by atoms with Crippen molar-refractivity contribution in [1.82, 2.24) is 15.6 Å². The second-order valence-corrected chi connectivity index (χ2v) is 8.43. The van der Waals surface area contributed by atoms with Gasteiger partial charge in [-0.25, -0.2) is 4.39 Å². The van der Waals surface area contributed by atoms with Crippen molar-refractivity contribution in [2.24, 2.45) is 0 Å². The van der Waals surface area contributed by atoms with Crippen LogP contribution < -0.4 is 15.4 Å². The van der Waals surface area contributed by atoms with Crippen LogP contribution in [0.5, 0.6) is 11.5 Å². The number of ether oxygens (including phenoxy) is 1. The summed E-state index contributed by atoms with van der Waals surface area (Å²) in [6.45, 7) is 10.5. The van der Waals surface area contributed by atoms with E-state index < -0.39 is 0 Å². The summed E-state index contributed by atoms with van der Waals surface area (Å²) < 4.78 is 20.3. The first kappa shape index (κ1) is 20.2. The lowest BCUT2D eigenvalue weighted by molar-refractivity contribution is 0.437. The Morgan fingerprint density at radius 2 is 2.07 bits per heavy atom. The van der Waals surface area contributed by atoms with Gasteiger partial charge in [0.2, 0.25) is 0 Å². The van der Waals surface area contributed by atoms with Crippen LogP contribution in [-0.4, -0.2) is 11.0 Å². The average molecular weight is 384 g/mol. The smallest absolute Gasteiger partial charge is 0.166 e. The lowest BCUT2D eigenvalue weighted by atomic mass is 9.92. The summed E-state index contributed by atoms with van der Waals surface area (Å²) in [5.41, 5.74) is 2.98. The molecule has 0 spiro atoms. The summed E-state index contributed by atoms with van der Waals surface area (Å²) in [5.74, 6) is 0.351. The van der Waals surface area contributed by atoms with Gasteiger partial charge in [-0.2, -0.15) is 0 Å². The molecule has 3 rings (SSSR count). The van der Waals surface area contributed by atoms with Crippen molar-refractivity contribution in [3.8, 4) is 11.5 Å². The molecular weight excluding hydrogens is 353 g/mol. The van der Waals surface area contributed by atoms with E-state index in [1.807, 2.05) is 31.3 Å². The summed E-state index contributed by atoms with van der Waals surface area (Å²) in [7, 11) is 0. The molecular formula is C23H30FN3O. The highest BCUT2D eigenvalue weighted by Crippen LogP contribution is 2.29. The minimum atomic E-state index is -0.379. The maximum absolute atomic E-state index is 14.6. The number of hydrogen-bond acceptors (Lipinski definition) is 4. The molecule has 0 bridgehead atoms. The van der Waals surface area contributed by atoms with E-state index in [1.54, 1.807) is 12.3 Å². The molecule has 0 amide bonds. The normalized spacial score (nSPS) is 17.6. The van der Waals surface area contributed by atoms with Crippen molar-refractivity contribution in [3.05, 3.63) is 65.5 Å². The van der Waals surface area contributed by atoms with E-state index in [9.17, 15) is 4.39 Å². The van der Waals surface area contributed by atoms with Crippen molar-refractivity contribution >= 4 is 0 Å². The van der Waals surface area contributed by atoms with Gasteiger partial charge in [0, 0.05) is 41.5 Å². The zero-order valence-electron chi connectivity index (χ0n) is 17.3. The van der Waals surface area contributed by atoms with Gasteiger partial charge in [0.1, 0.15) is 5.75 Å². The number of benzene rings is 1. The molecule has 1 aromatic heterocycles. The third-order valence-electron chi connectivity index (χ3n) is 5.04. The van der Waals surface area contributed by atoms with E-state index in [-0.39, 0.29) is 23.0 Å². The Bertz CT molecular complexity index is 840. The van der Waals surface area contributed by atoms with Gasteiger partial charge in [0.25, 0.3) is 0 Å². The fourth-order valence-electron chi connectivity index (χ4n) is 3.21. The molecule has 5 heteroatoms. The quantitative estimate of drug-likeness (QED) is 0.684. The van der Waals surface area contributed by atoms with Crippen molar-refractivity contribution in [2.45, 2.75) is 65.0 Å². The van der Waals surface area contributed by atoms with Crippen LogP contribution in [0.15, 0.2) is 48.4 Å². The number of halogens is 1. The number of pyridine rings is 1. The van der Waals surface area contributed by atoms with Crippen LogP contribution in [0.3, 0.4) is 0 Å². The van der Waals surface area contributed by atoms with Crippen molar-refractivity contribution in [3.63, 3.8) is 0 Å². The minimum Gasteiger partial charge on any atom is -0.453 e. The number of rotatable bonds is 6. The van der Waals surface area contributed by atoms with Crippen LogP contribution >= 0.6 is 0 Å². The van der Waals surface area contributed by atoms with E-state index in [4.69, 9.17) is 4.74 Å². The van der Waals surface area contributed by atoms with Crippen molar-refractivity contribution < 1.29 is 9.13 Å². The van der Waals surface area contributed by atoms with E-state index in [2.05, 4.69) is 43.3 Å². The lowest BCUT2D eigenvalue weighted by Crippen LogP contribution is -2.20. The molecule has 2 N–H and O–H groups in total. The summed E-state index contributed by atoms with van der Waals surface area (Å²) in [5, 5.41) is 6.81. The van der Waals surface area contributed by atoms with E-state index in [0.717, 1.165) is 29.8 Å². The van der Waals surface area contributed by atoms with Gasteiger partial charge in [-0.15, -0.1) is 0 Å². The Kier molecular flexibility index (Phi) is 5.92. The molecule has 2 unspecified atom stereocenters. The standard InChI is InChI=1S/C23H30FN3O/c1-6-17-12-18(13-25-17)27-15(2)16-7-9-21(20(24)11-16)28-19-8-10-22(26-14-19)23(3,4)5/h7-11,13-15,17,25,27H,6,12H2,1-5H3. The van der Waals surface area contributed by atoms with Gasteiger partial charge in [-0.05, 0) is 43.2 Å². The molecule has 1 aromatic carbocycles. The lowest BCUT2D eigenvalue weighted by Gasteiger charge is -2.18. The highest BCUT2D eigenvalue weighted by Gasteiger charge is 2.18. The molecule has 150 valence electrons.